The highest BCUT2D eigenvalue weighted by Gasteiger charge is 2.43. The van der Waals surface area contributed by atoms with Gasteiger partial charge in [0.1, 0.15) is 0 Å². The molecule has 0 unspecified atom stereocenters. The van der Waals surface area contributed by atoms with Crippen LogP contribution >= 0.6 is 11.3 Å². The molecule has 0 bridgehead atoms. The van der Waals surface area contributed by atoms with Gasteiger partial charge in [-0.15, -0.1) is 11.3 Å². The van der Waals surface area contributed by atoms with Gasteiger partial charge in [0.2, 0.25) is 0 Å². The van der Waals surface area contributed by atoms with E-state index in [-0.39, 0.29) is 0 Å². The van der Waals surface area contributed by atoms with Gasteiger partial charge in [-0.3, -0.25) is 4.90 Å². The van der Waals surface area contributed by atoms with Gasteiger partial charge in [0.25, 0.3) is 0 Å². The van der Waals surface area contributed by atoms with E-state index in [1.807, 2.05) is 23.7 Å². The van der Waals surface area contributed by atoms with Gasteiger partial charge in [0, 0.05) is 49.0 Å². The minimum Gasteiger partial charge on any atom is -0.467 e. The van der Waals surface area contributed by atoms with Crippen LogP contribution in [0.3, 0.4) is 0 Å². The highest BCUT2D eigenvalue weighted by atomic mass is 32.1. The van der Waals surface area contributed by atoms with Gasteiger partial charge >= 0.3 is 6.01 Å². The van der Waals surface area contributed by atoms with E-state index in [1.54, 1.807) is 7.11 Å². The first-order chi connectivity index (χ1) is 14.3. The number of ether oxygens (including phenoxy) is 1. The Balaban J connectivity index is 1.16. The number of aromatic nitrogens is 3. The molecule has 6 rings (SSSR count). The maximum absolute atomic E-state index is 5.05. The molecule has 1 saturated carbocycles. The third kappa shape index (κ3) is 3.12. The van der Waals surface area contributed by atoms with Crippen molar-refractivity contribution in [3.05, 3.63) is 35.6 Å². The number of hydrogen-bond acceptors (Lipinski definition) is 7. The molecular formula is C22H25N5OS. The summed E-state index contributed by atoms with van der Waals surface area (Å²) in [7, 11) is 1.58. The first-order valence-corrected chi connectivity index (χ1v) is 11.3. The molecule has 1 aromatic carbocycles. The van der Waals surface area contributed by atoms with Crippen molar-refractivity contribution in [3.8, 4) is 17.1 Å². The van der Waals surface area contributed by atoms with E-state index < -0.39 is 0 Å². The van der Waals surface area contributed by atoms with Crippen LogP contribution in [0.2, 0.25) is 0 Å². The van der Waals surface area contributed by atoms with Crippen LogP contribution in [0, 0.1) is 5.92 Å². The van der Waals surface area contributed by atoms with Crippen LogP contribution in [0.15, 0.2) is 30.6 Å². The molecule has 2 saturated heterocycles. The molecular weight excluding hydrogens is 382 g/mol. The smallest absolute Gasteiger partial charge is 0.316 e. The number of hydrogen-bond donors (Lipinski definition) is 1. The van der Waals surface area contributed by atoms with Crippen molar-refractivity contribution >= 4 is 21.6 Å². The van der Waals surface area contributed by atoms with E-state index in [0.717, 1.165) is 34.6 Å². The Morgan fingerprint density at radius 1 is 1.14 bits per heavy atom. The molecule has 0 radical (unpaired) electrons. The second kappa shape index (κ2) is 7.00. The Bertz CT molecular complexity index is 1020. The zero-order valence-corrected chi connectivity index (χ0v) is 17.4. The van der Waals surface area contributed by atoms with Gasteiger partial charge in [-0.1, -0.05) is 6.07 Å². The van der Waals surface area contributed by atoms with E-state index >= 15 is 0 Å². The average molecular weight is 408 g/mol. The quantitative estimate of drug-likeness (QED) is 0.716. The maximum Gasteiger partial charge on any atom is 0.316 e. The number of rotatable bonds is 4. The van der Waals surface area contributed by atoms with Crippen LogP contribution in [0.25, 0.3) is 21.3 Å². The van der Waals surface area contributed by atoms with E-state index in [4.69, 9.17) is 9.72 Å². The minimum absolute atomic E-state index is 0.395. The molecule has 2 aliphatic heterocycles. The molecule has 4 heterocycles. The number of benzene rings is 1. The van der Waals surface area contributed by atoms with Crippen molar-refractivity contribution in [2.75, 3.05) is 26.7 Å². The molecule has 3 aliphatic rings. The molecule has 2 atom stereocenters. The van der Waals surface area contributed by atoms with Crippen LogP contribution in [0.5, 0.6) is 6.01 Å². The van der Waals surface area contributed by atoms with Gasteiger partial charge in [-0.2, -0.15) is 0 Å². The predicted molar refractivity (Wildman–Crippen MR) is 114 cm³/mol. The molecule has 3 fully saturated rings. The molecule has 0 spiro atoms. The number of methoxy groups -OCH3 is 1. The fourth-order valence-electron chi connectivity index (χ4n) is 5.14. The summed E-state index contributed by atoms with van der Waals surface area (Å²) in [5.41, 5.74) is 3.23. The van der Waals surface area contributed by atoms with Crippen molar-refractivity contribution in [1.82, 2.24) is 25.2 Å². The number of fused-ring (bicyclic) bond motifs is 2. The topological polar surface area (TPSA) is 63.2 Å². The minimum atomic E-state index is 0.395. The van der Waals surface area contributed by atoms with Gasteiger partial charge in [0.05, 0.1) is 22.3 Å². The normalized spacial score (nSPS) is 29.1. The Kier molecular flexibility index (Phi) is 4.29. The van der Waals surface area contributed by atoms with E-state index in [1.165, 1.54) is 48.6 Å². The maximum atomic E-state index is 5.05. The fourth-order valence-corrected chi connectivity index (χ4v) is 6.27. The van der Waals surface area contributed by atoms with E-state index in [9.17, 15) is 0 Å². The zero-order chi connectivity index (χ0) is 19.4. The number of likely N-dealkylation sites (tertiary alicyclic amines) is 1. The summed E-state index contributed by atoms with van der Waals surface area (Å²) in [5, 5.41) is 4.97. The second-order valence-corrected chi connectivity index (χ2v) is 9.64. The summed E-state index contributed by atoms with van der Waals surface area (Å²) < 4.78 is 6.30. The van der Waals surface area contributed by atoms with Crippen molar-refractivity contribution in [2.24, 2.45) is 5.92 Å². The molecule has 0 amide bonds. The Morgan fingerprint density at radius 3 is 2.79 bits per heavy atom. The summed E-state index contributed by atoms with van der Waals surface area (Å²) in [5.74, 6) is 1.51. The summed E-state index contributed by atoms with van der Waals surface area (Å²) in [6, 6.07) is 8.34. The Morgan fingerprint density at radius 2 is 2.00 bits per heavy atom. The lowest BCUT2D eigenvalue weighted by molar-refractivity contribution is 0.128. The molecule has 3 aromatic rings. The van der Waals surface area contributed by atoms with Crippen LogP contribution < -0.4 is 10.1 Å². The Hall–Kier alpha value is -2.09. The van der Waals surface area contributed by atoms with Crippen molar-refractivity contribution < 1.29 is 4.74 Å². The van der Waals surface area contributed by atoms with Gasteiger partial charge in [-0.05, 0) is 49.4 Å². The van der Waals surface area contributed by atoms with Crippen LogP contribution in [-0.4, -0.2) is 58.7 Å². The number of nitrogens with one attached hydrogen (secondary N) is 1. The number of thiazole rings is 1. The van der Waals surface area contributed by atoms with Crippen molar-refractivity contribution in [3.63, 3.8) is 0 Å². The lowest BCUT2D eigenvalue weighted by Crippen LogP contribution is -2.44. The summed E-state index contributed by atoms with van der Waals surface area (Å²) in [6.07, 6.45) is 7.51. The van der Waals surface area contributed by atoms with Crippen molar-refractivity contribution in [1.29, 1.82) is 0 Å². The highest BCUT2D eigenvalue weighted by molar-refractivity contribution is 7.18. The lowest BCUT2D eigenvalue weighted by atomic mass is 9.80. The number of nitrogens with zero attached hydrogens (tertiary/aromatic N) is 4. The van der Waals surface area contributed by atoms with E-state index in [2.05, 4.69) is 38.4 Å². The van der Waals surface area contributed by atoms with Crippen LogP contribution in [0.1, 0.15) is 30.2 Å². The van der Waals surface area contributed by atoms with Gasteiger partial charge in [-0.25, -0.2) is 15.0 Å². The first kappa shape index (κ1) is 17.7. The molecule has 2 aromatic heterocycles. The third-order valence-electron chi connectivity index (χ3n) is 6.92. The highest BCUT2D eigenvalue weighted by Crippen LogP contribution is 2.44. The fraction of sp³-hybridized carbons (Fsp3) is 0.500. The predicted octanol–water partition coefficient (Wildman–Crippen LogP) is 3.30. The summed E-state index contributed by atoms with van der Waals surface area (Å²) in [6.45, 7) is 3.75. The van der Waals surface area contributed by atoms with Crippen LogP contribution in [-0.2, 0) is 0 Å². The molecule has 6 nitrogen and oxygen atoms in total. The largest absolute Gasteiger partial charge is 0.467 e. The monoisotopic (exact) mass is 407 g/mol. The van der Waals surface area contributed by atoms with E-state index in [0.29, 0.717) is 11.9 Å². The zero-order valence-electron chi connectivity index (χ0n) is 16.5. The van der Waals surface area contributed by atoms with Gasteiger partial charge < -0.3 is 10.1 Å². The molecule has 150 valence electrons. The standard InChI is InChI=1S/C22H25N5OS/c1-28-22-24-9-16(10-25-22)13-2-3-18-20(8-13)29-21(26-18)15-6-17(7-15)27-11-14-4-5-23-19(14)12-27/h2-3,8-10,14-15,17,19,23H,4-7,11-12H2,1H3/t14-,15?,17?,19+/m1/s1. The molecule has 29 heavy (non-hydrogen) atoms. The third-order valence-corrected chi connectivity index (χ3v) is 8.10. The molecule has 7 heteroatoms. The lowest BCUT2D eigenvalue weighted by Gasteiger charge is -2.40. The van der Waals surface area contributed by atoms with Gasteiger partial charge in [0.15, 0.2) is 0 Å². The second-order valence-electron chi connectivity index (χ2n) is 8.58. The Labute approximate surface area is 174 Å². The molecule has 1 N–H and O–H groups in total. The van der Waals surface area contributed by atoms with Crippen LogP contribution in [0.4, 0.5) is 0 Å². The SMILES string of the molecule is COc1ncc(-c2ccc3nc(C4CC(N5C[C@H]6CCN[C@H]6C5)C4)sc3c2)cn1. The summed E-state index contributed by atoms with van der Waals surface area (Å²) >= 11 is 1.85. The summed E-state index contributed by atoms with van der Waals surface area (Å²) in [4.78, 5) is 16.1. The average Bonchev–Trinajstić information content (AvgIpc) is 3.41. The molecule has 1 aliphatic carbocycles. The van der Waals surface area contributed by atoms with Crippen molar-refractivity contribution in [2.45, 2.75) is 37.3 Å². The first-order valence-electron chi connectivity index (χ1n) is 10.5.